The first-order valence-corrected chi connectivity index (χ1v) is 4.97. The SMILES string of the molecule is CC1(C)CC(OCCC(=O)O)CCO1. The van der Waals surface area contributed by atoms with Gasteiger partial charge in [-0.15, -0.1) is 0 Å². The minimum atomic E-state index is -0.809. The fourth-order valence-electron chi connectivity index (χ4n) is 1.63. The molecule has 0 aromatic carbocycles. The van der Waals surface area contributed by atoms with Crippen LogP contribution in [0.2, 0.25) is 0 Å². The molecule has 4 heteroatoms. The van der Waals surface area contributed by atoms with E-state index in [4.69, 9.17) is 14.6 Å². The first-order valence-electron chi connectivity index (χ1n) is 4.97. The van der Waals surface area contributed by atoms with E-state index in [1.54, 1.807) is 0 Å². The van der Waals surface area contributed by atoms with Crippen molar-refractivity contribution in [2.75, 3.05) is 13.2 Å². The zero-order valence-corrected chi connectivity index (χ0v) is 8.78. The standard InChI is InChI=1S/C10H18O4/c1-10(2)7-8(3-6-14-10)13-5-4-9(11)12/h8H,3-7H2,1-2H3,(H,11,12). The average Bonchev–Trinajstić information content (AvgIpc) is 2.01. The fourth-order valence-corrected chi connectivity index (χ4v) is 1.63. The predicted octanol–water partition coefficient (Wildman–Crippen LogP) is 1.44. The zero-order valence-electron chi connectivity index (χ0n) is 8.78. The molecule has 1 saturated heterocycles. The van der Waals surface area contributed by atoms with E-state index in [2.05, 4.69) is 0 Å². The first-order chi connectivity index (χ1) is 6.49. The highest BCUT2D eigenvalue weighted by Gasteiger charge is 2.29. The Balaban J connectivity index is 2.21. The second-order valence-corrected chi connectivity index (χ2v) is 4.24. The van der Waals surface area contributed by atoms with Crippen LogP contribution in [0.4, 0.5) is 0 Å². The Bertz CT molecular complexity index is 200. The first kappa shape index (κ1) is 11.5. The quantitative estimate of drug-likeness (QED) is 0.749. The predicted molar refractivity (Wildman–Crippen MR) is 51.3 cm³/mol. The highest BCUT2D eigenvalue weighted by molar-refractivity contribution is 5.66. The van der Waals surface area contributed by atoms with Crippen molar-refractivity contribution in [2.45, 2.75) is 44.8 Å². The van der Waals surface area contributed by atoms with Gasteiger partial charge in [0.05, 0.1) is 24.7 Å². The van der Waals surface area contributed by atoms with Crippen LogP contribution < -0.4 is 0 Å². The van der Waals surface area contributed by atoms with Crippen molar-refractivity contribution in [2.24, 2.45) is 0 Å². The number of carboxylic acids is 1. The maximum Gasteiger partial charge on any atom is 0.305 e. The normalized spacial score (nSPS) is 26.0. The minimum Gasteiger partial charge on any atom is -0.481 e. The van der Waals surface area contributed by atoms with Gasteiger partial charge in [-0.2, -0.15) is 0 Å². The summed E-state index contributed by atoms with van der Waals surface area (Å²) >= 11 is 0. The number of carboxylic acid groups (broad SMARTS) is 1. The smallest absolute Gasteiger partial charge is 0.305 e. The summed E-state index contributed by atoms with van der Waals surface area (Å²) in [6, 6.07) is 0. The Morgan fingerprint density at radius 3 is 2.93 bits per heavy atom. The van der Waals surface area contributed by atoms with Crippen molar-refractivity contribution in [1.82, 2.24) is 0 Å². The molecule has 0 aliphatic carbocycles. The third-order valence-corrected chi connectivity index (χ3v) is 2.32. The number of hydrogen-bond donors (Lipinski definition) is 1. The maximum absolute atomic E-state index is 10.3. The van der Waals surface area contributed by atoms with Crippen molar-refractivity contribution in [3.63, 3.8) is 0 Å². The van der Waals surface area contributed by atoms with E-state index < -0.39 is 5.97 Å². The van der Waals surface area contributed by atoms with Crippen LogP contribution in [0.1, 0.15) is 33.1 Å². The van der Waals surface area contributed by atoms with Gasteiger partial charge in [-0.3, -0.25) is 4.79 Å². The van der Waals surface area contributed by atoms with E-state index in [1.165, 1.54) is 0 Å². The summed E-state index contributed by atoms with van der Waals surface area (Å²) in [5, 5.41) is 8.44. The molecular formula is C10H18O4. The molecule has 4 nitrogen and oxygen atoms in total. The second-order valence-electron chi connectivity index (χ2n) is 4.24. The van der Waals surface area contributed by atoms with Crippen LogP contribution in [-0.4, -0.2) is 36.0 Å². The lowest BCUT2D eigenvalue weighted by Crippen LogP contribution is -2.38. The molecule has 0 aromatic heterocycles. The summed E-state index contributed by atoms with van der Waals surface area (Å²) in [6.07, 6.45) is 1.94. The molecule has 0 radical (unpaired) electrons. The van der Waals surface area contributed by atoms with Gasteiger partial charge in [0.1, 0.15) is 0 Å². The van der Waals surface area contributed by atoms with Gasteiger partial charge in [0.15, 0.2) is 0 Å². The molecule has 1 aliphatic rings. The molecule has 1 aliphatic heterocycles. The molecule has 0 amide bonds. The molecule has 1 unspecified atom stereocenters. The number of rotatable bonds is 4. The Kier molecular flexibility index (Phi) is 3.89. The van der Waals surface area contributed by atoms with Gasteiger partial charge in [0.2, 0.25) is 0 Å². The molecule has 1 N–H and O–H groups in total. The third-order valence-electron chi connectivity index (χ3n) is 2.32. The lowest BCUT2D eigenvalue weighted by atomic mass is 9.96. The summed E-state index contributed by atoms with van der Waals surface area (Å²) in [5.74, 6) is -0.809. The Hall–Kier alpha value is -0.610. The second kappa shape index (κ2) is 4.75. The van der Waals surface area contributed by atoms with Crippen molar-refractivity contribution in [1.29, 1.82) is 0 Å². The minimum absolute atomic E-state index is 0.0811. The van der Waals surface area contributed by atoms with Crippen LogP contribution in [0, 0.1) is 0 Å². The fraction of sp³-hybridized carbons (Fsp3) is 0.900. The molecule has 0 saturated carbocycles. The Morgan fingerprint density at radius 2 is 2.36 bits per heavy atom. The molecule has 0 spiro atoms. The highest BCUT2D eigenvalue weighted by atomic mass is 16.5. The summed E-state index contributed by atoms with van der Waals surface area (Å²) in [5.41, 5.74) is -0.133. The molecule has 1 heterocycles. The van der Waals surface area contributed by atoms with Gasteiger partial charge in [-0.25, -0.2) is 0 Å². The molecule has 1 rings (SSSR count). The molecule has 1 fully saturated rings. The van der Waals surface area contributed by atoms with E-state index in [0.29, 0.717) is 13.2 Å². The van der Waals surface area contributed by atoms with Crippen molar-refractivity contribution in [3.05, 3.63) is 0 Å². The van der Waals surface area contributed by atoms with E-state index in [-0.39, 0.29) is 18.1 Å². The van der Waals surface area contributed by atoms with Gasteiger partial charge < -0.3 is 14.6 Å². The van der Waals surface area contributed by atoms with Crippen LogP contribution in [0.15, 0.2) is 0 Å². The molecule has 0 aromatic rings. The summed E-state index contributed by atoms with van der Waals surface area (Å²) < 4.78 is 11.0. The zero-order chi connectivity index (χ0) is 10.6. The lowest BCUT2D eigenvalue weighted by molar-refractivity contribution is -0.141. The van der Waals surface area contributed by atoms with Gasteiger partial charge in [-0.1, -0.05) is 0 Å². The number of hydrogen-bond acceptors (Lipinski definition) is 3. The van der Waals surface area contributed by atoms with Crippen LogP contribution in [0.3, 0.4) is 0 Å². The molecule has 14 heavy (non-hydrogen) atoms. The Morgan fingerprint density at radius 1 is 1.64 bits per heavy atom. The summed E-state index contributed by atoms with van der Waals surface area (Å²) in [7, 11) is 0. The van der Waals surface area contributed by atoms with Crippen LogP contribution in [-0.2, 0) is 14.3 Å². The summed E-state index contributed by atoms with van der Waals surface area (Å²) in [6.45, 7) is 5.06. The molecular weight excluding hydrogens is 184 g/mol. The topological polar surface area (TPSA) is 55.8 Å². The Labute approximate surface area is 84.2 Å². The lowest BCUT2D eigenvalue weighted by Gasteiger charge is -2.35. The van der Waals surface area contributed by atoms with Gasteiger partial charge >= 0.3 is 5.97 Å². The molecule has 82 valence electrons. The van der Waals surface area contributed by atoms with Crippen molar-refractivity contribution >= 4 is 5.97 Å². The maximum atomic E-state index is 10.3. The van der Waals surface area contributed by atoms with E-state index in [9.17, 15) is 4.79 Å². The van der Waals surface area contributed by atoms with Crippen molar-refractivity contribution in [3.8, 4) is 0 Å². The van der Waals surface area contributed by atoms with Crippen LogP contribution in [0.5, 0.6) is 0 Å². The van der Waals surface area contributed by atoms with E-state index in [1.807, 2.05) is 13.8 Å². The van der Waals surface area contributed by atoms with E-state index in [0.717, 1.165) is 12.8 Å². The van der Waals surface area contributed by atoms with Crippen LogP contribution >= 0.6 is 0 Å². The third kappa shape index (κ3) is 4.07. The monoisotopic (exact) mass is 202 g/mol. The number of carbonyl (C=O) groups is 1. The molecule has 0 bridgehead atoms. The van der Waals surface area contributed by atoms with Crippen LogP contribution in [0.25, 0.3) is 0 Å². The average molecular weight is 202 g/mol. The molecule has 1 atom stereocenters. The van der Waals surface area contributed by atoms with Gasteiger partial charge in [0.25, 0.3) is 0 Å². The highest BCUT2D eigenvalue weighted by Crippen LogP contribution is 2.25. The number of ether oxygens (including phenoxy) is 2. The number of aliphatic carboxylic acids is 1. The summed E-state index contributed by atoms with van der Waals surface area (Å²) in [4.78, 5) is 10.3. The van der Waals surface area contributed by atoms with E-state index >= 15 is 0 Å². The van der Waals surface area contributed by atoms with Crippen molar-refractivity contribution < 1.29 is 19.4 Å². The van der Waals surface area contributed by atoms with Gasteiger partial charge in [0, 0.05) is 13.0 Å². The largest absolute Gasteiger partial charge is 0.481 e. The van der Waals surface area contributed by atoms with Gasteiger partial charge in [-0.05, 0) is 20.3 Å².